The fourth-order valence-electron chi connectivity index (χ4n) is 0. The topological polar surface area (TPSA) is 23.3 Å². The summed E-state index contributed by atoms with van der Waals surface area (Å²) in [5.74, 6) is 0. The van der Waals surface area contributed by atoms with Crippen molar-refractivity contribution in [3.8, 4) is 0 Å². The molecule has 0 atom stereocenters. The van der Waals surface area contributed by atoms with E-state index in [1.807, 2.05) is 0 Å². The molecule has 0 bridgehead atoms. The molecule has 0 saturated carbocycles. The van der Waals surface area contributed by atoms with Gasteiger partial charge < -0.3 is 10.3 Å². The molecule has 0 fully saturated rings. The van der Waals surface area contributed by atoms with E-state index in [0.717, 1.165) is 0 Å². The van der Waals surface area contributed by atoms with Crippen LogP contribution in [0.5, 0.6) is 0 Å². The molecule has 0 heterocycles. The van der Waals surface area contributed by atoms with Gasteiger partial charge in [-0.1, -0.05) is 0 Å². The molecule has 0 N–H and O–H groups in total. The van der Waals surface area contributed by atoms with Gasteiger partial charge in [0.15, 0.2) is 0 Å². The summed E-state index contributed by atoms with van der Waals surface area (Å²) >= 11 is 0. The van der Waals surface area contributed by atoms with Crippen LogP contribution in [-0.4, -0.2) is 14.2 Å². The third-order valence-corrected chi connectivity index (χ3v) is 0.183. The molecule has 0 aromatic rings. The first-order valence-electron chi connectivity index (χ1n) is 1.04. The van der Waals surface area contributed by atoms with Gasteiger partial charge in [0.2, 0.25) is 0 Å². The Balaban J connectivity index is 0. The van der Waals surface area contributed by atoms with Gasteiger partial charge in [-0.2, -0.15) is 0 Å². The van der Waals surface area contributed by atoms with Crippen molar-refractivity contribution in [2.24, 2.45) is 0 Å². The minimum Gasteiger partial charge on any atom is -0.537 e. The van der Waals surface area contributed by atoms with Crippen LogP contribution in [0.1, 0.15) is 0 Å². The van der Waals surface area contributed by atoms with Gasteiger partial charge in [-0.25, -0.2) is 0 Å². The van der Waals surface area contributed by atoms with Gasteiger partial charge in [0.1, 0.15) is 0 Å². The van der Waals surface area contributed by atoms with Crippen LogP contribution in [0.2, 0.25) is 0 Å². The van der Waals surface area contributed by atoms with Crippen LogP contribution < -0.4 is 0 Å². The molecule has 0 aromatic heterocycles. The van der Waals surface area contributed by atoms with Crippen molar-refractivity contribution in [1.29, 1.82) is 0 Å². The number of rotatable bonds is 1. The van der Waals surface area contributed by atoms with Crippen molar-refractivity contribution < 1.29 is 36.0 Å². The third kappa shape index (κ3) is 11.3. The molecule has 0 amide bonds. The zero-order valence-electron chi connectivity index (χ0n) is 3.36. The van der Waals surface area contributed by atoms with Gasteiger partial charge in [-0.05, 0) is 0 Å². The summed E-state index contributed by atoms with van der Waals surface area (Å²) in [6.07, 6.45) is 0. The Morgan fingerprint density at radius 1 is 1.60 bits per heavy atom. The average Bonchev–Trinajstić information content (AvgIpc) is 1.37. The Morgan fingerprint density at radius 3 is 1.80 bits per heavy atom. The van der Waals surface area contributed by atoms with E-state index in [1.54, 1.807) is 7.05 Å². The SMILES string of the molecule is C[N-]OC.[U]. The van der Waals surface area contributed by atoms with Crippen LogP contribution in [0.3, 0.4) is 0 Å². The van der Waals surface area contributed by atoms with E-state index < -0.39 is 0 Å². The summed E-state index contributed by atoms with van der Waals surface area (Å²) in [6.45, 7) is 0. The molecule has 0 unspecified atom stereocenters. The van der Waals surface area contributed by atoms with E-state index in [-0.39, 0.29) is 31.1 Å². The molecule has 0 aliphatic carbocycles. The quantitative estimate of drug-likeness (QED) is 0.649. The third-order valence-electron chi connectivity index (χ3n) is 0.183. The Labute approximate surface area is 55.6 Å². The standard InChI is InChI=1S/C2H6NO.U/c1-3-4-2;/h1-2H3;/q-1;. The maximum atomic E-state index is 4.17. The average molecular weight is 298 g/mol. The Bertz CT molecular complexity index is 11.6. The molecule has 0 aliphatic heterocycles. The summed E-state index contributed by atoms with van der Waals surface area (Å²) in [6, 6.07) is 0. The smallest absolute Gasteiger partial charge is 0.0131 e. The Hall–Kier alpha value is 0.972. The molecule has 0 radical (unpaired) electrons. The minimum absolute atomic E-state index is 0. The largest absolute Gasteiger partial charge is 0.537 e. The molecular weight excluding hydrogens is 292 g/mol. The van der Waals surface area contributed by atoms with Crippen molar-refractivity contribution in [3.63, 3.8) is 0 Å². The van der Waals surface area contributed by atoms with Gasteiger partial charge >= 0.3 is 0 Å². The fraction of sp³-hybridized carbons (Fsp3) is 1.00. The second-order valence-corrected chi connectivity index (χ2v) is 0.365. The summed E-state index contributed by atoms with van der Waals surface area (Å²) < 4.78 is 0. The zero-order valence-corrected chi connectivity index (χ0v) is 7.52. The minimum atomic E-state index is 0. The first-order chi connectivity index (χ1) is 1.91. The molecule has 3 heteroatoms. The molecule has 5 heavy (non-hydrogen) atoms. The number of hydrogen-bond donors (Lipinski definition) is 0. The normalized spacial score (nSPS) is 6.00. The van der Waals surface area contributed by atoms with Crippen molar-refractivity contribution >= 4 is 0 Å². The van der Waals surface area contributed by atoms with E-state index in [9.17, 15) is 0 Å². The molecular formula is C2H6NOU-. The molecule has 2 nitrogen and oxygen atoms in total. The molecule has 0 aromatic carbocycles. The van der Waals surface area contributed by atoms with Gasteiger partial charge in [-0.3, -0.25) is 0 Å². The number of hydrogen-bond acceptors (Lipinski definition) is 1. The van der Waals surface area contributed by atoms with E-state index in [4.69, 9.17) is 0 Å². The van der Waals surface area contributed by atoms with Crippen LogP contribution in [0.15, 0.2) is 0 Å². The summed E-state index contributed by atoms with van der Waals surface area (Å²) in [4.78, 5) is 4.17. The second-order valence-electron chi connectivity index (χ2n) is 0.365. The number of hydroxylamine groups is 1. The van der Waals surface area contributed by atoms with Gasteiger partial charge in [0.25, 0.3) is 0 Å². The van der Waals surface area contributed by atoms with E-state index >= 15 is 0 Å². The summed E-state index contributed by atoms with van der Waals surface area (Å²) in [5, 5.41) is 0. The summed E-state index contributed by atoms with van der Waals surface area (Å²) in [5.41, 5.74) is 3.24. The Morgan fingerprint density at radius 2 is 1.80 bits per heavy atom. The van der Waals surface area contributed by atoms with Crippen LogP contribution in [0, 0.1) is 31.1 Å². The second kappa shape index (κ2) is 8.88. The van der Waals surface area contributed by atoms with E-state index in [2.05, 4.69) is 10.3 Å². The maximum Gasteiger partial charge on any atom is 0.0131 e. The zero-order chi connectivity index (χ0) is 3.41. The molecule has 0 saturated heterocycles. The predicted octanol–water partition coefficient (Wildman–Crippen LogP) is 0.551. The van der Waals surface area contributed by atoms with Crippen molar-refractivity contribution in [3.05, 3.63) is 5.48 Å². The van der Waals surface area contributed by atoms with Gasteiger partial charge in [0.05, 0.1) is 0 Å². The van der Waals surface area contributed by atoms with Crippen molar-refractivity contribution in [2.75, 3.05) is 14.2 Å². The van der Waals surface area contributed by atoms with E-state index in [0.29, 0.717) is 0 Å². The maximum absolute atomic E-state index is 4.17. The summed E-state index contributed by atoms with van der Waals surface area (Å²) in [7, 11) is 3.10. The fourth-order valence-corrected chi connectivity index (χ4v) is 0. The predicted molar refractivity (Wildman–Crippen MR) is 16.3 cm³/mol. The van der Waals surface area contributed by atoms with Gasteiger partial charge in [-0.15, -0.1) is 7.05 Å². The monoisotopic (exact) mass is 298 g/mol. The van der Waals surface area contributed by atoms with Crippen LogP contribution in [0.4, 0.5) is 0 Å². The molecule has 0 spiro atoms. The first-order valence-corrected chi connectivity index (χ1v) is 1.04. The first kappa shape index (κ1) is 9.36. The van der Waals surface area contributed by atoms with E-state index in [1.165, 1.54) is 7.11 Å². The van der Waals surface area contributed by atoms with Crippen LogP contribution >= 0.6 is 0 Å². The molecule has 0 rings (SSSR count). The van der Waals surface area contributed by atoms with Crippen molar-refractivity contribution in [2.45, 2.75) is 0 Å². The Kier molecular flexibility index (Phi) is 16.6. The molecule has 30 valence electrons. The van der Waals surface area contributed by atoms with Crippen molar-refractivity contribution in [1.82, 2.24) is 0 Å². The number of nitrogens with zero attached hydrogens (tertiary/aromatic N) is 1. The molecule has 0 aliphatic rings. The van der Waals surface area contributed by atoms with Crippen LogP contribution in [0.25, 0.3) is 5.48 Å². The van der Waals surface area contributed by atoms with Crippen LogP contribution in [-0.2, 0) is 4.84 Å². The van der Waals surface area contributed by atoms with Gasteiger partial charge in [0, 0.05) is 38.2 Å².